The van der Waals surface area contributed by atoms with Gasteiger partial charge in [0.05, 0.1) is 5.69 Å². The fourth-order valence-corrected chi connectivity index (χ4v) is 9.98. The van der Waals surface area contributed by atoms with E-state index in [1.807, 2.05) is 11.3 Å². The van der Waals surface area contributed by atoms with Crippen LogP contribution in [0.25, 0.3) is 85.9 Å². The molecule has 0 saturated heterocycles. The molecule has 0 saturated carbocycles. The fourth-order valence-electron chi connectivity index (χ4n) is 8.61. The molecule has 0 amide bonds. The Hall–Kier alpha value is -7.00. The van der Waals surface area contributed by atoms with Crippen LogP contribution in [0.2, 0.25) is 0 Å². The lowest BCUT2D eigenvalue weighted by atomic mass is 9.96. The first kappa shape index (κ1) is 32.4. The molecule has 0 unspecified atom stereocenters. The summed E-state index contributed by atoms with van der Waals surface area (Å²) < 4.78 is 2.63. The van der Waals surface area contributed by atoms with Gasteiger partial charge in [0, 0.05) is 42.5 Å². The molecule has 11 rings (SSSR count). The largest absolute Gasteiger partial charge is 0.310 e. The number of anilines is 3. The molecule has 0 aliphatic rings. The maximum absolute atomic E-state index is 2.44. The highest BCUT2D eigenvalue weighted by Gasteiger charge is 2.20. The molecule has 0 aliphatic heterocycles. The number of thiophene rings is 1. The van der Waals surface area contributed by atoms with Gasteiger partial charge in [-0.25, -0.2) is 0 Å². The highest BCUT2D eigenvalue weighted by Crippen LogP contribution is 2.47. The third kappa shape index (κ3) is 5.38. The van der Waals surface area contributed by atoms with Crippen LogP contribution < -0.4 is 4.90 Å². The number of benzene rings is 10. The SMILES string of the molecule is c1ccc(-c2ccc(N(c3cccc(-c4cccc5c4sc4c(-c6cccc7ccccc67)cccc45)c3)c3cc4ccccc4c4ccccc34)cc2)cc1. The molecule has 1 aromatic heterocycles. The van der Waals surface area contributed by atoms with Gasteiger partial charge < -0.3 is 4.90 Å². The molecule has 0 atom stereocenters. The van der Waals surface area contributed by atoms with Crippen molar-refractivity contribution >= 4 is 80.9 Å². The minimum Gasteiger partial charge on any atom is -0.310 e. The summed E-state index contributed by atoms with van der Waals surface area (Å²) in [6.07, 6.45) is 0. The number of nitrogens with zero attached hydrogens (tertiary/aromatic N) is 1. The Morgan fingerprint density at radius 2 is 0.821 bits per heavy atom. The highest BCUT2D eigenvalue weighted by molar-refractivity contribution is 7.26. The summed E-state index contributed by atoms with van der Waals surface area (Å²) in [7, 11) is 0. The van der Waals surface area contributed by atoms with Gasteiger partial charge in [0.15, 0.2) is 0 Å². The standard InChI is InChI=1S/C54H35NS/c1-2-14-36(15-3-1)37-30-32-41(33-31-37)55(52-35-40-17-5-7-22-44(40)46-23-8-9-24-48(46)52)42-20-10-19-39(34-42)45-25-12-28-50-51-29-13-27-49(54(51)56-53(45)50)47-26-11-18-38-16-4-6-21-43(38)47/h1-35H. The number of hydrogen-bond donors (Lipinski definition) is 0. The van der Waals surface area contributed by atoms with E-state index in [4.69, 9.17) is 0 Å². The predicted molar refractivity (Wildman–Crippen MR) is 243 cm³/mol. The van der Waals surface area contributed by atoms with E-state index in [0.29, 0.717) is 0 Å². The average Bonchev–Trinajstić information content (AvgIpc) is 3.66. The molecule has 11 aromatic rings. The molecule has 56 heavy (non-hydrogen) atoms. The summed E-state index contributed by atoms with van der Waals surface area (Å²) in [4.78, 5) is 2.44. The normalized spacial score (nSPS) is 11.6. The lowest BCUT2D eigenvalue weighted by Gasteiger charge is -2.28. The second-order valence-electron chi connectivity index (χ2n) is 14.5. The van der Waals surface area contributed by atoms with E-state index < -0.39 is 0 Å². The molecule has 0 spiro atoms. The van der Waals surface area contributed by atoms with Gasteiger partial charge in [-0.15, -0.1) is 11.3 Å². The van der Waals surface area contributed by atoms with Crippen molar-refractivity contribution in [2.75, 3.05) is 4.90 Å². The third-order valence-electron chi connectivity index (χ3n) is 11.2. The zero-order valence-corrected chi connectivity index (χ0v) is 31.4. The topological polar surface area (TPSA) is 3.24 Å². The average molecular weight is 730 g/mol. The van der Waals surface area contributed by atoms with E-state index in [1.165, 1.54) is 85.9 Å². The molecular weight excluding hydrogens is 695 g/mol. The molecule has 1 heterocycles. The first-order valence-corrected chi connectivity index (χ1v) is 20.0. The Bertz CT molecular complexity index is 3240. The van der Waals surface area contributed by atoms with Crippen LogP contribution in [-0.2, 0) is 0 Å². The lowest BCUT2D eigenvalue weighted by molar-refractivity contribution is 1.30. The van der Waals surface area contributed by atoms with Crippen LogP contribution in [0.5, 0.6) is 0 Å². The summed E-state index contributed by atoms with van der Waals surface area (Å²) in [5, 5.41) is 10.1. The van der Waals surface area contributed by atoms with Gasteiger partial charge in [-0.3, -0.25) is 0 Å². The Morgan fingerprint density at radius 3 is 1.62 bits per heavy atom. The number of hydrogen-bond acceptors (Lipinski definition) is 2. The second kappa shape index (κ2) is 13.4. The van der Waals surface area contributed by atoms with Crippen LogP contribution in [0.1, 0.15) is 0 Å². The van der Waals surface area contributed by atoms with Crippen LogP contribution in [0.3, 0.4) is 0 Å². The maximum atomic E-state index is 2.44. The predicted octanol–water partition coefficient (Wildman–Crippen LogP) is 16.0. The molecule has 262 valence electrons. The van der Waals surface area contributed by atoms with Crippen molar-refractivity contribution in [1.29, 1.82) is 0 Å². The van der Waals surface area contributed by atoms with Crippen LogP contribution in [0.4, 0.5) is 17.1 Å². The molecule has 2 heteroatoms. The first-order valence-electron chi connectivity index (χ1n) is 19.2. The first-order chi connectivity index (χ1) is 27.8. The molecule has 0 N–H and O–H groups in total. The van der Waals surface area contributed by atoms with E-state index in [9.17, 15) is 0 Å². The van der Waals surface area contributed by atoms with E-state index in [-0.39, 0.29) is 0 Å². The third-order valence-corrected chi connectivity index (χ3v) is 12.5. The van der Waals surface area contributed by atoms with Gasteiger partial charge in [-0.05, 0) is 85.1 Å². The smallest absolute Gasteiger partial charge is 0.0546 e. The van der Waals surface area contributed by atoms with Crippen molar-refractivity contribution < 1.29 is 0 Å². The van der Waals surface area contributed by atoms with Crippen LogP contribution in [0, 0.1) is 0 Å². The molecule has 0 aliphatic carbocycles. The fraction of sp³-hybridized carbons (Fsp3) is 0. The molecule has 0 fully saturated rings. The minimum absolute atomic E-state index is 1.11. The van der Waals surface area contributed by atoms with Crippen molar-refractivity contribution in [3.8, 4) is 33.4 Å². The quantitative estimate of drug-likeness (QED) is 0.154. The minimum atomic E-state index is 1.11. The van der Waals surface area contributed by atoms with Gasteiger partial charge in [-0.2, -0.15) is 0 Å². The molecule has 10 aromatic carbocycles. The Kier molecular flexibility index (Phi) is 7.75. The molecule has 1 nitrogen and oxygen atoms in total. The van der Waals surface area contributed by atoms with Gasteiger partial charge in [0.2, 0.25) is 0 Å². The van der Waals surface area contributed by atoms with Gasteiger partial charge in [0.25, 0.3) is 0 Å². The van der Waals surface area contributed by atoms with Crippen molar-refractivity contribution in [1.82, 2.24) is 0 Å². The van der Waals surface area contributed by atoms with Crippen molar-refractivity contribution in [2.24, 2.45) is 0 Å². The van der Waals surface area contributed by atoms with Gasteiger partial charge >= 0.3 is 0 Å². The summed E-state index contributed by atoms with van der Waals surface area (Å²) in [5.41, 5.74) is 10.8. The van der Waals surface area contributed by atoms with Crippen molar-refractivity contribution in [2.45, 2.75) is 0 Å². The Balaban J connectivity index is 1.10. The summed E-state index contributed by atoms with van der Waals surface area (Å²) in [6.45, 7) is 0. The maximum Gasteiger partial charge on any atom is 0.0546 e. The van der Waals surface area contributed by atoms with Crippen LogP contribution >= 0.6 is 11.3 Å². The van der Waals surface area contributed by atoms with Crippen LogP contribution in [0.15, 0.2) is 212 Å². The highest BCUT2D eigenvalue weighted by atomic mass is 32.1. The summed E-state index contributed by atoms with van der Waals surface area (Å²) in [5.74, 6) is 0. The second-order valence-corrected chi connectivity index (χ2v) is 15.5. The zero-order valence-electron chi connectivity index (χ0n) is 30.6. The molecular formula is C54H35NS. The van der Waals surface area contributed by atoms with Crippen molar-refractivity contribution in [3.05, 3.63) is 212 Å². The Labute approximate surface area is 330 Å². The van der Waals surface area contributed by atoms with Gasteiger partial charge in [-0.1, -0.05) is 182 Å². The van der Waals surface area contributed by atoms with Crippen molar-refractivity contribution in [3.63, 3.8) is 0 Å². The van der Waals surface area contributed by atoms with E-state index in [2.05, 4.69) is 217 Å². The van der Waals surface area contributed by atoms with E-state index >= 15 is 0 Å². The van der Waals surface area contributed by atoms with E-state index in [1.54, 1.807) is 0 Å². The Morgan fingerprint density at radius 1 is 0.286 bits per heavy atom. The molecule has 0 radical (unpaired) electrons. The summed E-state index contributed by atoms with van der Waals surface area (Å²) in [6, 6.07) is 77.6. The van der Waals surface area contributed by atoms with Crippen LogP contribution in [-0.4, -0.2) is 0 Å². The summed E-state index contributed by atoms with van der Waals surface area (Å²) >= 11 is 1.91. The zero-order chi connectivity index (χ0) is 37.0. The number of fused-ring (bicyclic) bond motifs is 7. The number of rotatable bonds is 6. The lowest BCUT2D eigenvalue weighted by Crippen LogP contribution is -2.10. The van der Waals surface area contributed by atoms with Gasteiger partial charge in [0.1, 0.15) is 0 Å². The molecule has 0 bridgehead atoms. The monoisotopic (exact) mass is 729 g/mol. The van der Waals surface area contributed by atoms with E-state index in [0.717, 1.165) is 17.1 Å².